The molecule has 0 saturated heterocycles. The second-order valence-electron chi connectivity index (χ2n) is 3.39. The summed E-state index contributed by atoms with van der Waals surface area (Å²) in [6.07, 6.45) is 0. The Bertz CT molecular complexity index is 557. The maximum absolute atomic E-state index is 13.8. The highest BCUT2D eigenvalue weighted by Crippen LogP contribution is 2.28. The molecule has 7 heteroatoms. The molecular weight excluding hydrogens is 244 g/mol. The van der Waals surface area contributed by atoms with Gasteiger partial charge in [0.1, 0.15) is 0 Å². The fraction of sp³-hybridized carbons (Fsp3) is 0.273. The highest BCUT2D eigenvalue weighted by atomic mass is 19.2. The van der Waals surface area contributed by atoms with Crippen LogP contribution in [0, 0.1) is 11.6 Å². The molecule has 18 heavy (non-hydrogen) atoms. The van der Waals surface area contributed by atoms with Gasteiger partial charge in [-0.1, -0.05) is 5.16 Å². The number of hydrogen-bond acceptors (Lipinski definition) is 5. The third kappa shape index (κ3) is 2.17. The van der Waals surface area contributed by atoms with Crippen LogP contribution in [0.15, 0.2) is 16.7 Å². The van der Waals surface area contributed by atoms with E-state index in [2.05, 4.69) is 10.1 Å². The SMILES string of the molecule is CCOc1ccc(-c2noc(CN)n2)c(F)c1F. The van der Waals surface area contributed by atoms with Crippen molar-refractivity contribution in [3.63, 3.8) is 0 Å². The van der Waals surface area contributed by atoms with Crippen molar-refractivity contribution in [1.82, 2.24) is 10.1 Å². The van der Waals surface area contributed by atoms with Crippen LogP contribution in [-0.4, -0.2) is 16.7 Å². The van der Waals surface area contributed by atoms with Gasteiger partial charge in [-0.3, -0.25) is 0 Å². The average molecular weight is 255 g/mol. The van der Waals surface area contributed by atoms with Crippen molar-refractivity contribution in [3.8, 4) is 17.1 Å². The minimum Gasteiger partial charge on any atom is -0.491 e. The van der Waals surface area contributed by atoms with Crippen molar-refractivity contribution in [2.24, 2.45) is 5.73 Å². The van der Waals surface area contributed by atoms with Crippen LogP contribution in [0.25, 0.3) is 11.4 Å². The number of halogens is 2. The zero-order valence-corrected chi connectivity index (χ0v) is 9.61. The van der Waals surface area contributed by atoms with Crippen LogP contribution >= 0.6 is 0 Å². The molecule has 0 aliphatic heterocycles. The summed E-state index contributed by atoms with van der Waals surface area (Å²) in [4.78, 5) is 3.83. The van der Waals surface area contributed by atoms with Gasteiger partial charge >= 0.3 is 0 Å². The van der Waals surface area contributed by atoms with E-state index in [0.717, 1.165) is 0 Å². The quantitative estimate of drug-likeness (QED) is 0.902. The molecule has 0 atom stereocenters. The number of ether oxygens (including phenoxy) is 1. The summed E-state index contributed by atoms with van der Waals surface area (Å²) in [6, 6.07) is 2.64. The molecule has 2 rings (SSSR count). The van der Waals surface area contributed by atoms with Crippen molar-refractivity contribution < 1.29 is 18.0 Å². The molecule has 0 amide bonds. The fourth-order valence-corrected chi connectivity index (χ4v) is 1.42. The fourth-order valence-electron chi connectivity index (χ4n) is 1.42. The molecule has 1 heterocycles. The third-order valence-electron chi connectivity index (χ3n) is 2.23. The van der Waals surface area contributed by atoms with E-state index in [9.17, 15) is 8.78 Å². The summed E-state index contributed by atoms with van der Waals surface area (Å²) < 4.78 is 37.1. The van der Waals surface area contributed by atoms with E-state index in [4.69, 9.17) is 15.0 Å². The highest BCUT2D eigenvalue weighted by Gasteiger charge is 2.19. The lowest BCUT2D eigenvalue weighted by Gasteiger charge is -2.06. The van der Waals surface area contributed by atoms with Crippen LogP contribution < -0.4 is 10.5 Å². The number of rotatable bonds is 4. The number of nitrogens with two attached hydrogens (primary N) is 1. The normalized spacial score (nSPS) is 10.7. The lowest BCUT2D eigenvalue weighted by molar-refractivity contribution is 0.314. The molecule has 0 saturated carbocycles. The maximum Gasteiger partial charge on any atom is 0.240 e. The second-order valence-corrected chi connectivity index (χ2v) is 3.39. The van der Waals surface area contributed by atoms with Crippen molar-refractivity contribution in [1.29, 1.82) is 0 Å². The largest absolute Gasteiger partial charge is 0.491 e. The topological polar surface area (TPSA) is 74.2 Å². The molecule has 2 N–H and O–H groups in total. The number of nitrogens with zero attached hydrogens (tertiary/aromatic N) is 2. The summed E-state index contributed by atoms with van der Waals surface area (Å²) in [7, 11) is 0. The van der Waals surface area contributed by atoms with Crippen LogP contribution in [0.3, 0.4) is 0 Å². The lowest BCUT2D eigenvalue weighted by atomic mass is 10.2. The smallest absolute Gasteiger partial charge is 0.240 e. The van der Waals surface area contributed by atoms with E-state index < -0.39 is 11.6 Å². The standard InChI is InChI=1S/C11H11F2N3O2/c1-2-17-7-4-3-6(9(12)10(7)13)11-15-8(5-14)18-16-11/h3-4H,2,5,14H2,1H3. The van der Waals surface area contributed by atoms with E-state index in [-0.39, 0.29) is 36.2 Å². The first-order valence-corrected chi connectivity index (χ1v) is 5.31. The first-order valence-electron chi connectivity index (χ1n) is 5.31. The predicted molar refractivity (Wildman–Crippen MR) is 58.7 cm³/mol. The van der Waals surface area contributed by atoms with E-state index in [0.29, 0.717) is 0 Å². The maximum atomic E-state index is 13.8. The van der Waals surface area contributed by atoms with Gasteiger partial charge in [-0.2, -0.15) is 9.37 Å². The van der Waals surface area contributed by atoms with E-state index in [1.54, 1.807) is 6.92 Å². The van der Waals surface area contributed by atoms with Crippen molar-refractivity contribution in [2.45, 2.75) is 13.5 Å². The molecule has 0 unspecified atom stereocenters. The molecule has 0 fully saturated rings. The Labute approximate surface area is 102 Å². The zero-order valence-electron chi connectivity index (χ0n) is 9.61. The first-order chi connectivity index (χ1) is 8.67. The molecule has 1 aromatic carbocycles. The van der Waals surface area contributed by atoms with Crippen LogP contribution in [0.4, 0.5) is 8.78 Å². The van der Waals surface area contributed by atoms with Crippen molar-refractivity contribution in [2.75, 3.05) is 6.61 Å². The molecule has 2 aromatic rings. The Morgan fingerprint density at radius 2 is 2.11 bits per heavy atom. The van der Waals surface area contributed by atoms with Crippen LogP contribution in [-0.2, 0) is 6.54 Å². The second kappa shape index (κ2) is 5.09. The molecule has 0 aliphatic carbocycles. The summed E-state index contributed by atoms with van der Waals surface area (Å²) in [5.74, 6) is -2.20. The molecule has 0 spiro atoms. The van der Waals surface area contributed by atoms with Crippen LogP contribution in [0.1, 0.15) is 12.8 Å². The molecule has 1 aromatic heterocycles. The highest BCUT2D eigenvalue weighted by molar-refractivity contribution is 5.57. The summed E-state index contributed by atoms with van der Waals surface area (Å²) in [6.45, 7) is 1.96. The Morgan fingerprint density at radius 1 is 1.33 bits per heavy atom. The van der Waals surface area contributed by atoms with E-state index in [1.165, 1.54) is 12.1 Å². The predicted octanol–water partition coefficient (Wildman–Crippen LogP) is 1.87. The minimum atomic E-state index is -1.08. The van der Waals surface area contributed by atoms with Gasteiger partial charge in [0.05, 0.1) is 18.7 Å². The molecule has 0 bridgehead atoms. The third-order valence-corrected chi connectivity index (χ3v) is 2.23. The first kappa shape index (κ1) is 12.4. The Kier molecular flexibility index (Phi) is 3.52. The molecule has 0 radical (unpaired) electrons. The van der Waals surface area contributed by atoms with E-state index >= 15 is 0 Å². The average Bonchev–Trinajstić information content (AvgIpc) is 2.84. The van der Waals surface area contributed by atoms with Crippen molar-refractivity contribution >= 4 is 0 Å². The number of hydrogen-bond donors (Lipinski definition) is 1. The summed E-state index contributed by atoms with van der Waals surface area (Å²) in [5.41, 5.74) is 5.19. The van der Waals surface area contributed by atoms with Crippen LogP contribution in [0.2, 0.25) is 0 Å². The summed E-state index contributed by atoms with van der Waals surface area (Å²) in [5, 5.41) is 3.52. The number of aromatic nitrogens is 2. The van der Waals surface area contributed by atoms with Gasteiger partial charge in [0.25, 0.3) is 0 Å². The van der Waals surface area contributed by atoms with Gasteiger partial charge in [0, 0.05) is 0 Å². The van der Waals surface area contributed by atoms with Gasteiger partial charge in [0.2, 0.25) is 17.5 Å². The Morgan fingerprint density at radius 3 is 2.72 bits per heavy atom. The van der Waals surface area contributed by atoms with Gasteiger partial charge in [0.15, 0.2) is 11.6 Å². The summed E-state index contributed by atoms with van der Waals surface area (Å²) >= 11 is 0. The van der Waals surface area contributed by atoms with Gasteiger partial charge in [-0.15, -0.1) is 0 Å². The minimum absolute atomic E-state index is 0.0358. The molecule has 0 aliphatic rings. The van der Waals surface area contributed by atoms with Crippen molar-refractivity contribution in [3.05, 3.63) is 29.7 Å². The van der Waals surface area contributed by atoms with Gasteiger partial charge in [-0.25, -0.2) is 4.39 Å². The zero-order chi connectivity index (χ0) is 13.1. The molecule has 96 valence electrons. The van der Waals surface area contributed by atoms with Gasteiger partial charge < -0.3 is 15.0 Å². The monoisotopic (exact) mass is 255 g/mol. The molecular formula is C11H11F2N3O2. The van der Waals surface area contributed by atoms with Gasteiger partial charge in [-0.05, 0) is 19.1 Å². The Hall–Kier alpha value is -2.02. The number of benzene rings is 1. The van der Waals surface area contributed by atoms with E-state index in [1.807, 2.05) is 0 Å². The van der Waals surface area contributed by atoms with Crippen LogP contribution in [0.5, 0.6) is 5.75 Å². The lowest BCUT2D eigenvalue weighted by Crippen LogP contribution is -1.99. The Balaban J connectivity index is 2.43. The molecule has 5 nitrogen and oxygen atoms in total.